The lowest BCUT2D eigenvalue weighted by Crippen LogP contribution is -2.12. The number of hydrogen-bond acceptors (Lipinski definition) is 3. The Hall–Kier alpha value is -3.71. The summed E-state index contributed by atoms with van der Waals surface area (Å²) in [6.45, 7) is 0. The average Bonchev–Trinajstić information content (AvgIpc) is 2.68. The zero-order valence-electron chi connectivity index (χ0n) is 14.3. The molecule has 0 bridgehead atoms. The number of anilines is 2. The molecule has 0 spiro atoms. The first kappa shape index (κ1) is 17.1. The van der Waals surface area contributed by atoms with E-state index in [9.17, 15) is 4.79 Å². The van der Waals surface area contributed by atoms with Gasteiger partial charge < -0.3 is 15.8 Å². The largest absolute Gasteiger partial charge is 0.497 e. The number of carbonyl (C=O) groups is 1. The third kappa shape index (κ3) is 4.03. The molecule has 4 heteroatoms. The van der Waals surface area contributed by atoms with E-state index in [1.807, 2.05) is 42.5 Å². The molecule has 3 aromatic rings. The summed E-state index contributed by atoms with van der Waals surface area (Å²) in [6, 6.07) is 21.8. The van der Waals surface area contributed by atoms with Gasteiger partial charge in [-0.2, -0.15) is 0 Å². The van der Waals surface area contributed by atoms with Crippen LogP contribution < -0.4 is 15.8 Å². The molecule has 1 amide bonds. The van der Waals surface area contributed by atoms with E-state index in [1.54, 1.807) is 37.4 Å². The van der Waals surface area contributed by atoms with Gasteiger partial charge in [0.15, 0.2) is 0 Å². The second kappa shape index (κ2) is 7.91. The number of carbonyl (C=O) groups excluding carboxylic acids is 1. The number of benzene rings is 3. The summed E-state index contributed by atoms with van der Waals surface area (Å²) < 4.78 is 5.11. The maximum absolute atomic E-state index is 12.5. The van der Waals surface area contributed by atoms with Crippen molar-refractivity contribution in [2.24, 2.45) is 0 Å². The lowest BCUT2D eigenvalue weighted by molar-refractivity contribution is 0.102. The van der Waals surface area contributed by atoms with Gasteiger partial charge in [0.1, 0.15) is 5.75 Å². The van der Waals surface area contributed by atoms with E-state index in [0.29, 0.717) is 22.7 Å². The Morgan fingerprint density at radius 1 is 0.885 bits per heavy atom. The summed E-state index contributed by atoms with van der Waals surface area (Å²) >= 11 is 0. The minimum absolute atomic E-state index is 0.207. The Morgan fingerprint density at radius 2 is 1.50 bits per heavy atom. The summed E-state index contributed by atoms with van der Waals surface area (Å²) in [5.41, 5.74) is 9.21. The van der Waals surface area contributed by atoms with E-state index in [-0.39, 0.29) is 5.91 Å². The van der Waals surface area contributed by atoms with Crippen molar-refractivity contribution in [3.8, 4) is 17.6 Å². The first-order valence-corrected chi connectivity index (χ1v) is 8.08. The van der Waals surface area contributed by atoms with Crippen molar-refractivity contribution in [1.29, 1.82) is 0 Å². The van der Waals surface area contributed by atoms with Crippen molar-refractivity contribution in [3.63, 3.8) is 0 Å². The first-order chi connectivity index (χ1) is 12.7. The van der Waals surface area contributed by atoms with Crippen LogP contribution in [0.15, 0.2) is 72.8 Å². The van der Waals surface area contributed by atoms with Crippen molar-refractivity contribution in [2.75, 3.05) is 18.2 Å². The Balaban J connectivity index is 1.83. The van der Waals surface area contributed by atoms with Crippen molar-refractivity contribution >= 4 is 17.3 Å². The number of hydrogen-bond donors (Lipinski definition) is 2. The number of para-hydroxylation sites is 2. The molecule has 0 atom stereocenters. The van der Waals surface area contributed by atoms with Crippen molar-refractivity contribution in [3.05, 3.63) is 89.5 Å². The number of nitrogens with one attached hydrogen (secondary N) is 1. The van der Waals surface area contributed by atoms with Gasteiger partial charge in [-0.05, 0) is 48.5 Å². The predicted octanol–water partition coefficient (Wildman–Crippen LogP) is 3.93. The lowest BCUT2D eigenvalue weighted by Gasteiger charge is -2.08. The molecule has 3 rings (SSSR count). The second-order valence-electron chi connectivity index (χ2n) is 5.57. The van der Waals surface area contributed by atoms with E-state index in [1.165, 1.54) is 0 Å². The Kier molecular flexibility index (Phi) is 5.21. The summed E-state index contributed by atoms with van der Waals surface area (Å²) in [5, 5.41) is 2.90. The minimum atomic E-state index is -0.207. The van der Waals surface area contributed by atoms with Gasteiger partial charge in [-0.3, -0.25) is 4.79 Å². The van der Waals surface area contributed by atoms with Crippen LogP contribution in [0, 0.1) is 11.8 Å². The molecule has 0 saturated carbocycles. The maximum Gasteiger partial charge on any atom is 0.255 e. The van der Waals surface area contributed by atoms with Gasteiger partial charge in [-0.1, -0.05) is 36.1 Å². The van der Waals surface area contributed by atoms with Gasteiger partial charge in [-0.15, -0.1) is 0 Å². The van der Waals surface area contributed by atoms with Gasteiger partial charge in [0.2, 0.25) is 0 Å². The minimum Gasteiger partial charge on any atom is -0.497 e. The fourth-order valence-electron chi connectivity index (χ4n) is 2.38. The molecule has 0 saturated heterocycles. The van der Waals surface area contributed by atoms with Gasteiger partial charge in [0.25, 0.3) is 5.91 Å². The molecule has 0 aliphatic heterocycles. The molecule has 0 heterocycles. The monoisotopic (exact) mass is 342 g/mol. The van der Waals surface area contributed by atoms with Crippen LogP contribution in [0.4, 0.5) is 11.4 Å². The van der Waals surface area contributed by atoms with Crippen LogP contribution >= 0.6 is 0 Å². The van der Waals surface area contributed by atoms with Crippen LogP contribution in [0.5, 0.6) is 5.75 Å². The Morgan fingerprint density at radius 3 is 2.19 bits per heavy atom. The van der Waals surface area contributed by atoms with E-state index in [0.717, 1.165) is 11.1 Å². The van der Waals surface area contributed by atoms with Crippen molar-refractivity contribution in [1.82, 2.24) is 0 Å². The summed E-state index contributed by atoms with van der Waals surface area (Å²) in [6.07, 6.45) is 0. The molecule has 0 aliphatic carbocycles. The van der Waals surface area contributed by atoms with Gasteiger partial charge in [0, 0.05) is 22.4 Å². The smallest absolute Gasteiger partial charge is 0.255 e. The fourth-order valence-corrected chi connectivity index (χ4v) is 2.38. The van der Waals surface area contributed by atoms with Crippen LogP contribution in [0.2, 0.25) is 0 Å². The van der Waals surface area contributed by atoms with Crippen LogP contribution in [0.3, 0.4) is 0 Å². The highest BCUT2D eigenvalue weighted by Gasteiger charge is 2.08. The zero-order chi connectivity index (χ0) is 18.4. The molecule has 3 aromatic carbocycles. The van der Waals surface area contributed by atoms with Gasteiger partial charge in [-0.25, -0.2) is 0 Å². The van der Waals surface area contributed by atoms with Crippen LogP contribution in [-0.2, 0) is 0 Å². The van der Waals surface area contributed by atoms with E-state index in [4.69, 9.17) is 10.5 Å². The number of methoxy groups -OCH3 is 1. The molecular weight excluding hydrogens is 324 g/mol. The van der Waals surface area contributed by atoms with E-state index < -0.39 is 0 Å². The molecule has 0 radical (unpaired) electrons. The molecule has 3 N–H and O–H groups in total. The predicted molar refractivity (Wildman–Crippen MR) is 104 cm³/mol. The maximum atomic E-state index is 12.5. The van der Waals surface area contributed by atoms with Crippen molar-refractivity contribution in [2.45, 2.75) is 0 Å². The molecule has 0 unspecified atom stereocenters. The molecule has 0 aliphatic rings. The molecule has 0 aromatic heterocycles. The van der Waals surface area contributed by atoms with Crippen LogP contribution in [0.1, 0.15) is 21.5 Å². The third-order valence-corrected chi connectivity index (χ3v) is 3.82. The summed E-state index contributed by atoms with van der Waals surface area (Å²) in [4.78, 5) is 12.5. The van der Waals surface area contributed by atoms with Crippen molar-refractivity contribution < 1.29 is 9.53 Å². The Bertz CT molecular complexity index is 983. The first-order valence-electron chi connectivity index (χ1n) is 8.08. The molecular formula is C22H18N2O2. The standard InChI is InChI=1S/C22H18N2O2/c1-26-19-14-12-18(13-15-19)22(25)24-21-9-5-3-7-17(21)11-10-16-6-2-4-8-20(16)23/h2-9,12-15H,23H2,1H3,(H,24,25). The topological polar surface area (TPSA) is 64.3 Å². The van der Waals surface area contributed by atoms with Gasteiger partial charge >= 0.3 is 0 Å². The zero-order valence-corrected chi connectivity index (χ0v) is 14.3. The molecule has 0 fully saturated rings. The normalized spacial score (nSPS) is 9.73. The molecule has 128 valence electrons. The lowest BCUT2D eigenvalue weighted by atomic mass is 10.1. The van der Waals surface area contributed by atoms with Crippen LogP contribution in [-0.4, -0.2) is 13.0 Å². The quantitative estimate of drug-likeness (QED) is 0.560. The van der Waals surface area contributed by atoms with Crippen LogP contribution in [0.25, 0.3) is 0 Å². The molecule has 26 heavy (non-hydrogen) atoms. The fraction of sp³-hybridized carbons (Fsp3) is 0.0455. The third-order valence-electron chi connectivity index (χ3n) is 3.82. The van der Waals surface area contributed by atoms with E-state index >= 15 is 0 Å². The Labute approximate surface area is 152 Å². The highest BCUT2D eigenvalue weighted by Crippen LogP contribution is 2.17. The summed E-state index contributed by atoms with van der Waals surface area (Å²) in [5.74, 6) is 6.63. The highest BCUT2D eigenvalue weighted by atomic mass is 16.5. The SMILES string of the molecule is COc1ccc(C(=O)Nc2ccccc2C#Cc2ccccc2N)cc1. The van der Waals surface area contributed by atoms with Gasteiger partial charge in [0.05, 0.1) is 12.8 Å². The number of amides is 1. The highest BCUT2D eigenvalue weighted by molar-refractivity contribution is 6.05. The number of nitrogens with two attached hydrogens (primary N) is 1. The van der Waals surface area contributed by atoms with E-state index in [2.05, 4.69) is 17.2 Å². The molecule has 4 nitrogen and oxygen atoms in total. The summed E-state index contributed by atoms with van der Waals surface area (Å²) in [7, 11) is 1.59. The number of rotatable bonds is 3. The second-order valence-corrected chi connectivity index (χ2v) is 5.57. The average molecular weight is 342 g/mol. The number of ether oxygens (including phenoxy) is 1. The number of nitrogen functional groups attached to an aromatic ring is 1.